The van der Waals surface area contributed by atoms with Crippen molar-refractivity contribution in [2.45, 2.75) is 13.8 Å². The lowest BCUT2D eigenvalue weighted by Crippen LogP contribution is -2.21. The Morgan fingerprint density at radius 2 is 2.40 bits per heavy atom. The first-order chi connectivity index (χ1) is 4.58. The van der Waals surface area contributed by atoms with Crippen LogP contribution in [-0.2, 0) is 9.53 Å². The van der Waals surface area contributed by atoms with Gasteiger partial charge in [-0.3, -0.25) is 4.79 Å². The average Bonchev–Trinajstić information content (AvgIpc) is 2.07. The monoisotopic (exact) mass is 140 g/mol. The van der Waals surface area contributed by atoms with Crippen LogP contribution in [0.5, 0.6) is 0 Å². The van der Waals surface area contributed by atoms with Crippen molar-refractivity contribution in [3.05, 3.63) is 12.7 Å². The van der Waals surface area contributed by atoms with Gasteiger partial charge in [-0.2, -0.15) is 0 Å². The molecule has 0 amide bonds. The van der Waals surface area contributed by atoms with E-state index in [1.54, 1.807) is 6.08 Å². The Morgan fingerprint density at radius 1 is 1.80 bits per heavy atom. The van der Waals surface area contributed by atoms with E-state index >= 15 is 0 Å². The third-order valence-electron chi connectivity index (χ3n) is 1.92. The Labute approximate surface area is 60.9 Å². The Hall–Kier alpha value is -0.790. The fraction of sp³-hybridized carbons (Fsp3) is 0.625. The molecule has 1 atom stereocenters. The zero-order valence-electron chi connectivity index (χ0n) is 6.39. The summed E-state index contributed by atoms with van der Waals surface area (Å²) in [5.41, 5.74) is -0.0567. The van der Waals surface area contributed by atoms with Crippen molar-refractivity contribution < 1.29 is 9.53 Å². The molecule has 1 saturated heterocycles. The highest BCUT2D eigenvalue weighted by Crippen LogP contribution is 2.34. The molecule has 1 aliphatic heterocycles. The summed E-state index contributed by atoms with van der Waals surface area (Å²) in [4.78, 5) is 10.9. The van der Waals surface area contributed by atoms with Gasteiger partial charge in [-0.05, 0) is 0 Å². The first kappa shape index (κ1) is 7.32. The summed E-state index contributed by atoms with van der Waals surface area (Å²) in [5.74, 6) is -0.257. The molecule has 0 radical (unpaired) electrons. The molecule has 1 heterocycles. The van der Waals surface area contributed by atoms with Crippen molar-refractivity contribution >= 4 is 5.97 Å². The molecular weight excluding hydrogens is 128 g/mol. The molecule has 0 aromatic carbocycles. The van der Waals surface area contributed by atoms with Crippen molar-refractivity contribution in [2.24, 2.45) is 11.3 Å². The Morgan fingerprint density at radius 3 is 2.60 bits per heavy atom. The first-order valence-corrected chi connectivity index (χ1v) is 3.37. The number of cyclic esters (lactones) is 1. The van der Waals surface area contributed by atoms with Crippen molar-refractivity contribution in [1.82, 2.24) is 0 Å². The largest absolute Gasteiger partial charge is 0.465 e. The van der Waals surface area contributed by atoms with Gasteiger partial charge in [0.1, 0.15) is 0 Å². The number of ether oxygens (including phenoxy) is 1. The van der Waals surface area contributed by atoms with Gasteiger partial charge in [0.2, 0.25) is 0 Å². The van der Waals surface area contributed by atoms with Gasteiger partial charge in [0.05, 0.1) is 12.5 Å². The van der Waals surface area contributed by atoms with Gasteiger partial charge in [0, 0.05) is 5.41 Å². The van der Waals surface area contributed by atoms with Gasteiger partial charge < -0.3 is 4.74 Å². The van der Waals surface area contributed by atoms with Crippen LogP contribution in [0.2, 0.25) is 0 Å². The molecule has 0 aliphatic carbocycles. The molecule has 2 nitrogen and oxygen atoms in total. The maximum atomic E-state index is 10.9. The topological polar surface area (TPSA) is 26.3 Å². The molecule has 1 fully saturated rings. The Bertz CT molecular complexity index is 170. The average molecular weight is 140 g/mol. The van der Waals surface area contributed by atoms with Crippen LogP contribution < -0.4 is 0 Å². The van der Waals surface area contributed by atoms with Gasteiger partial charge >= 0.3 is 5.97 Å². The van der Waals surface area contributed by atoms with E-state index in [1.807, 2.05) is 13.8 Å². The van der Waals surface area contributed by atoms with Crippen molar-refractivity contribution in [3.63, 3.8) is 0 Å². The lowest BCUT2D eigenvalue weighted by Gasteiger charge is -2.17. The van der Waals surface area contributed by atoms with Gasteiger partial charge in [0.15, 0.2) is 0 Å². The van der Waals surface area contributed by atoms with E-state index in [0.29, 0.717) is 6.61 Å². The summed E-state index contributed by atoms with van der Waals surface area (Å²) < 4.78 is 4.86. The standard InChI is InChI=1S/C8H12O2/c1-4-6-7(9)10-5-8(6,2)3/h4,6H,1,5H2,2-3H3. The van der Waals surface area contributed by atoms with Crippen LogP contribution in [0.3, 0.4) is 0 Å². The predicted molar refractivity (Wildman–Crippen MR) is 38.4 cm³/mol. The Balaban J connectivity index is 2.82. The van der Waals surface area contributed by atoms with Gasteiger partial charge in [-0.1, -0.05) is 19.9 Å². The van der Waals surface area contributed by atoms with Crippen molar-refractivity contribution in [1.29, 1.82) is 0 Å². The molecule has 0 aromatic rings. The summed E-state index contributed by atoms with van der Waals surface area (Å²) in [7, 11) is 0. The molecule has 0 saturated carbocycles. The van der Waals surface area contributed by atoms with Crippen molar-refractivity contribution in [3.8, 4) is 0 Å². The van der Waals surface area contributed by atoms with E-state index in [-0.39, 0.29) is 17.3 Å². The summed E-state index contributed by atoms with van der Waals surface area (Å²) in [5, 5.41) is 0. The number of hydrogen-bond acceptors (Lipinski definition) is 2. The minimum absolute atomic E-state index is 0.0567. The summed E-state index contributed by atoms with van der Waals surface area (Å²) in [6, 6.07) is 0. The third kappa shape index (κ3) is 0.939. The van der Waals surface area contributed by atoms with Gasteiger partial charge in [-0.25, -0.2) is 0 Å². The highest BCUT2D eigenvalue weighted by molar-refractivity contribution is 5.77. The minimum Gasteiger partial charge on any atom is -0.465 e. The maximum absolute atomic E-state index is 10.9. The second-order valence-electron chi connectivity index (χ2n) is 3.31. The van der Waals surface area contributed by atoms with E-state index in [2.05, 4.69) is 6.58 Å². The zero-order chi connectivity index (χ0) is 7.78. The molecule has 0 aromatic heterocycles. The van der Waals surface area contributed by atoms with Crippen LogP contribution in [0.25, 0.3) is 0 Å². The minimum atomic E-state index is -0.139. The van der Waals surface area contributed by atoms with E-state index < -0.39 is 0 Å². The molecule has 1 aliphatic rings. The number of esters is 1. The molecule has 0 N–H and O–H groups in total. The lowest BCUT2D eigenvalue weighted by molar-refractivity contribution is -0.140. The fourth-order valence-corrected chi connectivity index (χ4v) is 1.17. The van der Waals surface area contributed by atoms with Gasteiger partial charge in [-0.15, -0.1) is 6.58 Å². The molecule has 0 spiro atoms. The second-order valence-corrected chi connectivity index (χ2v) is 3.31. The Kier molecular flexibility index (Phi) is 1.55. The number of carbonyl (C=O) groups excluding carboxylic acids is 1. The number of rotatable bonds is 1. The summed E-state index contributed by atoms with van der Waals surface area (Å²) >= 11 is 0. The van der Waals surface area contributed by atoms with Crippen LogP contribution in [0.4, 0.5) is 0 Å². The predicted octanol–water partition coefficient (Wildman–Crippen LogP) is 1.37. The van der Waals surface area contributed by atoms with E-state index in [0.717, 1.165) is 0 Å². The molecule has 56 valence electrons. The number of carbonyl (C=O) groups is 1. The SMILES string of the molecule is C=CC1C(=O)OCC1(C)C. The fourth-order valence-electron chi connectivity index (χ4n) is 1.17. The van der Waals surface area contributed by atoms with Crippen molar-refractivity contribution in [2.75, 3.05) is 6.61 Å². The molecular formula is C8H12O2. The third-order valence-corrected chi connectivity index (χ3v) is 1.92. The number of hydrogen-bond donors (Lipinski definition) is 0. The van der Waals surface area contributed by atoms with Crippen LogP contribution >= 0.6 is 0 Å². The van der Waals surface area contributed by atoms with E-state index in [4.69, 9.17) is 4.74 Å². The molecule has 1 unspecified atom stereocenters. The van der Waals surface area contributed by atoms with Crippen LogP contribution in [0, 0.1) is 11.3 Å². The zero-order valence-corrected chi connectivity index (χ0v) is 6.39. The van der Waals surface area contributed by atoms with Gasteiger partial charge in [0.25, 0.3) is 0 Å². The molecule has 2 heteroatoms. The molecule has 0 bridgehead atoms. The van der Waals surface area contributed by atoms with Crippen LogP contribution in [0.15, 0.2) is 12.7 Å². The molecule has 10 heavy (non-hydrogen) atoms. The lowest BCUT2D eigenvalue weighted by atomic mass is 9.82. The maximum Gasteiger partial charge on any atom is 0.313 e. The van der Waals surface area contributed by atoms with Crippen LogP contribution in [-0.4, -0.2) is 12.6 Å². The first-order valence-electron chi connectivity index (χ1n) is 3.37. The summed E-state index contributed by atoms with van der Waals surface area (Å²) in [6.45, 7) is 8.11. The molecule has 1 rings (SSSR count). The smallest absolute Gasteiger partial charge is 0.313 e. The van der Waals surface area contributed by atoms with E-state index in [9.17, 15) is 4.79 Å². The second kappa shape index (κ2) is 2.11. The van der Waals surface area contributed by atoms with Crippen LogP contribution in [0.1, 0.15) is 13.8 Å². The quantitative estimate of drug-likeness (QED) is 0.406. The normalized spacial score (nSPS) is 29.8. The van der Waals surface area contributed by atoms with E-state index in [1.165, 1.54) is 0 Å². The highest BCUT2D eigenvalue weighted by Gasteiger charge is 2.41. The highest BCUT2D eigenvalue weighted by atomic mass is 16.5. The summed E-state index contributed by atoms with van der Waals surface area (Å²) in [6.07, 6.45) is 1.66.